The van der Waals surface area contributed by atoms with Crippen molar-refractivity contribution in [2.45, 2.75) is 33.3 Å². The van der Waals surface area contributed by atoms with E-state index in [1.807, 2.05) is 0 Å². The fourth-order valence-corrected chi connectivity index (χ4v) is 1.59. The minimum atomic E-state index is 0.374. The molecule has 1 aliphatic rings. The fourth-order valence-electron chi connectivity index (χ4n) is 1.59. The minimum Gasteiger partial charge on any atom is -0.378 e. The van der Waals surface area contributed by atoms with Gasteiger partial charge >= 0.3 is 0 Å². The lowest BCUT2D eigenvalue weighted by atomic mass is 9.89. The molecule has 72 valence electrons. The Bertz CT molecular complexity index is 125. The van der Waals surface area contributed by atoms with E-state index in [0.29, 0.717) is 6.10 Å². The normalized spacial score (nSPS) is 31.0. The predicted octanol–water partition coefficient (Wildman–Crippen LogP) is 1.66. The van der Waals surface area contributed by atoms with E-state index in [9.17, 15) is 0 Å². The molecule has 2 nitrogen and oxygen atoms in total. The summed E-state index contributed by atoms with van der Waals surface area (Å²) >= 11 is 0. The van der Waals surface area contributed by atoms with E-state index in [1.165, 1.54) is 13.0 Å². The van der Waals surface area contributed by atoms with Crippen LogP contribution in [0.4, 0.5) is 0 Å². The van der Waals surface area contributed by atoms with E-state index in [4.69, 9.17) is 4.74 Å². The van der Waals surface area contributed by atoms with Crippen LogP contribution in [0.5, 0.6) is 0 Å². The maximum absolute atomic E-state index is 5.61. The summed E-state index contributed by atoms with van der Waals surface area (Å²) in [5.41, 5.74) is 0. The van der Waals surface area contributed by atoms with Gasteiger partial charge in [-0.25, -0.2) is 0 Å². The molecule has 1 aliphatic heterocycles. The molecular weight excluding hydrogens is 150 g/mol. The lowest BCUT2D eigenvalue weighted by molar-refractivity contribution is 0.0301. The van der Waals surface area contributed by atoms with Gasteiger partial charge in [0, 0.05) is 6.54 Å². The van der Waals surface area contributed by atoms with Gasteiger partial charge in [-0.05, 0) is 38.6 Å². The lowest BCUT2D eigenvalue weighted by Crippen LogP contribution is -2.38. The Kier molecular flexibility index (Phi) is 4.02. The first-order valence-corrected chi connectivity index (χ1v) is 5.02. The molecule has 0 aromatic carbocycles. The molecular formula is C10H21NO. The second kappa shape index (κ2) is 4.83. The van der Waals surface area contributed by atoms with Crippen LogP contribution in [0.1, 0.15) is 27.2 Å². The van der Waals surface area contributed by atoms with Gasteiger partial charge in [-0.3, -0.25) is 0 Å². The van der Waals surface area contributed by atoms with Gasteiger partial charge in [0.25, 0.3) is 0 Å². The molecule has 12 heavy (non-hydrogen) atoms. The van der Waals surface area contributed by atoms with E-state index in [0.717, 1.165) is 25.0 Å². The van der Waals surface area contributed by atoms with Crippen LogP contribution in [-0.4, -0.2) is 25.8 Å². The van der Waals surface area contributed by atoms with Crippen LogP contribution >= 0.6 is 0 Å². The van der Waals surface area contributed by atoms with Gasteiger partial charge in [0.05, 0.1) is 12.7 Å². The lowest BCUT2D eigenvalue weighted by Gasteiger charge is -2.29. The summed E-state index contributed by atoms with van der Waals surface area (Å²) in [5, 5.41) is 3.41. The largest absolute Gasteiger partial charge is 0.378 e. The third-order valence-electron chi connectivity index (χ3n) is 2.63. The molecule has 1 heterocycles. The van der Waals surface area contributed by atoms with Gasteiger partial charge in [0.2, 0.25) is 0 Å². The highest BCUT2D eigenvalue weighted by atomic mass is 16.5. The molecule has 1 saturated heterocycles. The molecule has 2 unspecified atom stereocenters. The van der Waals surface area contributed by atoms with E-state index in [2.05, 4.69) is 26.1 Å². The zero-order valence-electron chi connectivity index (χ0n) is 8.47. The second-order valence-electron chi connectivity index (χ2n) is 4.11. The molecule has 1 rings (SSSR count). The highest BCUT2D eigenvalue weighted by molar-refractivity contribution is 4.74. The number of piperidine rings is 1. The van der Waals surface area contributed by atoms with Crippen molar-refractivity contribution in [1.82, 2.24) is 5.32 Å². The predicted molar refractivity (Wildman–Crippen MR) is 51.2 cm³/mol. The molecule has 1 N–H and O–H groups in total. The Morgan fingerprint density at radius 3 is 2.83 bits per heavy atom. The summed E-state index contributed by atoms with van der Waals surface area (Å²) in [5.74, 6) is 1.55. The quantitative estimate of drug-likeness (QED) is 0.697. The smallest absolute Gasteiger partial charge is 0.0519 e. The van der Waals surface area contributed by atoms with E-state index < -0.39 is 0 Å². The first-order chi connectivity index (χ1) is 5.70. The number of nitrogens with one attached hydrogen (secondary N) is 1. The van der Waals surface area contributed by atoms with Gasteiger partial charge in [0.15, 0.2) is 0 Å². The molecule has 0 spiro atoms. The molecule has 2 heteroatoms. The van der Waals surface area contributed by atoms with Crippen molar-refractivity contribution in [2.75, 3.05) is 19.7 Å². The van der Waals surface area contributed by atoms with Gasteiger partial charge in [-0.15, -0.1) is 0 Å². The van der Waals surface area contributed by atoms with Crippen molar-refractivity contribution in [1.29, 1.82) is 0 Å². The van der Waals surface area contributed by atoms with Crippen LogP contribution in [0, 0.1) is 11.8 Å². The summed E-state index contributed by atoms with van der Waals surface area (Å²) in [6.07, 6.45) is 1.67. The number of hydrogen-bond donors (Lipinski definition) is 1. The van der Waals surface area contributed by atoms with Crippen LogP contribution in [0.2, 0.25) is 0 Å². The molecule has 1 fully saturated rings. The monoisotopic (exact) mass is 171 g/mol. The van der Waals surface area contributed by atoms with Crippen LogP contribution < -0.4 is 5.32 Å². The third kappa shape index (κ3) is 3.11. The first kappa shape index (κ1) is 10.0. The fraction of sp³-hybridized carbons (Fsp3) is 1.00. The molecule has 0 radical (unpaired) electrons. The van der Waals surface area contributed by atoms with E-state index in [-0.39, 0.29) is 0 Å². The average Bonchev–Trinajstić information content (AvgIpc) is 2.03. The highest BCUT2D eigenvalue weighted by Crippen LogP contribution is 2.18. The van der Waals surface area contributed by atoms with Crippen LogP contribution in [0.15, 0.2) is 0 Å². The van der Waals surface area contributed by atoms with Crippen molar-refractivity contribution in [3.05, 3.63) is 0 Å². The Morgan fingerprint density at radius 1 is 1.50 bits per heavy atom. The Labute approximate surface area is 75.7 Å². The minimum absolute atomic E-state index is 0.374. The molecule has 0 bridgehead atoms. The molecule has 0 aliphatic carbocycles. The van der Waals surface area contributed by atoms with E-state index >= 15 is 0 Å². The van der Waals surface area contributed by atoms with Crippen molar-refractivity contribution in [3.63, 3.8) is 0 Å². The van der Waals surface area contributed by atoms with Crippen molar-refractivity contribution in [2.24, 2.45) is 11.8 Å². The standard InChI is InChI=1S/C10H21NO/c1-8(2)12-7-10-6-11-5-4-9(10)3/h8-11H,4-7H2,1-3H3. The van der Waals surface area contributed by atoms with Gasteiger partial charge in [-0.1, -0.05) is 6.92 Å². The summed E-state index contributed by atoms with van der Waals surface area (Å²) in [4.78, 5) is 0. The summed E-state index contributed by atoms with van der Waals surface area (Å²) < 4.78 is 5.61. The summed E-state index contributed by atoms with van der Waals surface area (Å²) in [6.45, 7) is 9.76. The van der Waals surface area contributed by atoms with Crippen molar-refractivity contribution in [3.8, 4) is 0 Å². The zero-order chi connectivity index (χ0) is 8.97. The maximum Gasteiger partial charge on any atom is 0.0519 e. The zero-order valence-corrected chi connectivity index (χ0v) is 8.47. The topological polar surface area (TPSA) is 21.3 Å². The van der Waals surface area contributed by atoms with Crippen LogP contribution in [-0.2, 0) is 4.74 Å². The Balaban J connectivity index is 2.20. The van der Waals surface area contributed by atoms with Gasteiger partial charge in [0.1, 0.15) is 0 Å². The van der Waals surface area contributed by atoms with Crippen LogP contribution in [0.3, 0.4) is 0 Å². The number of hydrogen-bond acceptors (Lipinski definition) is 2. The van der Waals surface area contributed by atoms with Crippen LogP contribution in [0.25, 0.3) is 0 Å². The molecule has 0 saturated carbocycles. The Hall–Kier alpha value is -0.0800. The van der Waals surface area contributed by atoms with Gasteiger partial charge in [-0.2, -0.15) is 0 Å². The van der Waals surface area contributed by atoms with Crippen molar-refractivity contribution >= 4 is 0 Å². The summed E-state index contributed by atoms with van der Waals surface area (Å²) in [6, 6.07) is 0. The molecule has 0 aromatic heterocycles. The second-order valence-corrected chi connectivity index (χ2v) is 4.11. The van der Waals surface area contributed by atoms with Gasteiger partial charge < -0.3 is 10.1 Å². The third-order valence-corrected chi connectivity index (χ3v) is 2.63. The average molecular weight is 171 g/mol. The number of ether oxygens (including phenoxy) is 1. The maximum atomic E-state index is 5.61. The molecule has 0 amide bonds. The highest BCUT2D eigenvalue weighted by Gasteiger charge is 2.20. The van der Waals surface area contributed by atoms with Crippen molar-refractivity contribution < 1.29 is 4.74 Å². The molecule has 2 atom stereocenters. The van der Waals surface area contributed by atoms with E-state index in [1.54, 1.807) is 0 Å². The Morgan fingerprint density at radius 2 is 2.25 bits per heavy atom. The summed E-state index contributed by atoms with van der Waals surface area (Å²) in [7, 11) is 0. The first-order valence-electron chi connectivity index (χ1n) is 5.02. The number of rotatable bonds is 3. The SMILES string of the molecule is CC(C)OCC1CNCCC1C. The molecule has 0 aromatic rings.